The average Bonchev–Trinajstić information content (AvgIpc) is 2.77. The summed E-state index contributed by atoms with van der Waals surface area (Å²) >= 11 is 0. The van der Waals surface area contributed by atoms with Gasteiger partial charge in [0.2, 0.25) is 0 Å². The van der Waals surface area contributed by atoms with Crippen molar-refractivity contribution in [3.63, 3.8) is 0 Å². The van der Waals surface area contributed by atoms with Gasteiger partial charge in [-0.15, -0.1) is 0 Å². The number of alkyl halides is 2. The fourth-order valence-corrected chi connectivity index (χ4v) is 2.28. The lowest BCUT2D eigenvalue weighted by molar-refractivity contribution is -0.0220. The number of aromatic nitrogens is 2. The summed E-state index contributed by atoms with van der Waals surface area (Å²) < 4.78 is 26.2. The molecule has 0 aliphatic carbocycles. The Hall–Kier alpha value is -1.65. The van der Waals surface area contributed by atoms with Crippen molar-refractivity contribution in [2.75, 3.05) is 18.0 Å². The summed E-state index contributed by atoms with van der Waals surface area (Å²) in [7, 11) is 0. The van der Waals surface area contributed by atoms with Crippen LogP contribution >= 0.6 is 0 Å². The van der Waals surface area contributed by atoms with Crippen LogP contribution in [-0.2, 0) is 0 Å². The Morgan fingerprint density at radius 2 is 2.00 bits per heavy atom. The highest BCUT2D eigenvalue weighted by molar-refractivity contribution is 5.88. The third-order valence-corrected chi connectivity index (χ3v) is 3.26. The predicted octanol–water partition coefficient (Wildman–Crippen LogP) is 2.80. The van der Waals surface area contributed by atoms with Crippen molar-refractivity contribution in [2.45, 2.75) is 18.8 Å². The summed E-state index contributed by atoms with van der Waals surface area (Å²) in [6, 6.07) is 5.79. The Balaban J connectivity index is 1.92. The number of hydrogen-bond donors (Lipinski definition) is 1. The van der Waals surface area contributed by atoms with Crippen molar-refractivity contribution in [2.24, 2.45) is 0 Å². The van der Waals surface area contributed by atoms with E-state index >= 15 is 0 Å². The number of halogens is 2. The number of rotatable bonds is 1. The Morgan fingerprint density at radius 1 is 1.24 bits per heavy atom. The second kappa shape index (κ2) is 3.68. The van der Waals surface area contributed by atoms with Crippen LogP contribution in [0.1, 0.15) is 12.8 Å². The highest BCUT2D eigenvalue weighted by Gasteiger charge is 2.34. The van der Waals surface area contributed by atoms with Gasteiger partial charge in [-0.25, -0.2) is 13.8 Å². The standard InChI is InChI=1S/C12H13F2N3/c13-12(14)4-6-17(7-5-12)10-3-1-2-9-11(10)16-8-15-9/h1-3,8H,4-7H2,(H,15,16). The van der Waals surface area contributed by atoms with Crippen LogP contribution in [0.5, 0.6) is 0 Å². The molecule has 0 atom stereocenters. The molecule has 1 aromatic heterocycles. The zero-order valence-electron chi connectivity index (χ0n) is 9.29. The number of imidazole rings is 1. The van der Waals surface area contributed by atoms with Crippen LogP contribution in [0.25, 0.3) is 11.0 Å². The van der Waals surface area contributed by atoms with Crippen molar-refractivity contribution in [3.05, 3.63) is 24.5 Å². The minimum atomic E-state index is -2.50. The Bertz CT molecular complexity index is 525. The van der Waals surface area contributed by atoms with Crippen LogP contribution in [0.4, 0.5) is 14.5 Å². The Morgan fingerprint density at radius 3 is 2.76 bits per heavy atom. The first kappa shape index (κ1) is 10.5. The molecular weight excluding hydrogens is 224 g/mol. The fraction of sp³-hybridized carbons (Fsp3) is 0.417. The van der Waals surface area contributed by atoms with Gasteiger partial charge in [0, 0.05) is 25.9 Å². The van der Waals surface area contributed by atoms with E-state index in [-0.39, 0.29) is 12.8 Å². The quantitative estimate of drug-likeness (QED) is 0.827. The van der Waals surface area contributed by atoms with E-state index in [1.165, 1.54) is 0 Å². The molecule has 3 nitrogen and oxygen atoms in total. The number of piperidine rings is 1. The molecule has 0 amide bonds. The third kappa shape index (κ3) is 1.85. The molecule has 1 fully saturated rings. The molecule has 0 saturated carbocycles. The van der Waals surface area contributed by atoms with E-state index in [0.29, 0.717) is 13.1 Å². The largest absolute Gasteiger partial charge is 0.369 e. The molecule has 0 unspecified atom stereocenters. The molecule has 1 saturated heterocycles. The Labute approximate surface area is 97.5 Å². The molecule has 17 heavy (non-hydrogen) atoms. The number of aromatic amines is 1. The van der Waals surface area contributed by atoms with Gasteiger partial charge in [-0.05, 0) is 12.1 Å². The molecule has 5 heteroatoms. The lowest BCUT2D eigenvalue weighted by atomic mass is 10.1. The zero-order chi connectivity index (χ0) is 11.9. The van der Waals surface area contributed by atoms with Crippen molar-refractivity contribution in [1.82, 2.24) is 9.97 Å². The van der Waals surface area contributed by atoms with Crippen molar-refractivity contribution >= 4 is 16.7 Å². The second-order valence-corrected chi connectivity index (χ2v) is 4.42. The molecular formula is C12H13F2N3. The van der Waals surface area contributed by atoms with E-state index < -0.39 is 5.92 Å². The molecule has 1 aromatic carbocycles. The number of benzene rings is 1. The van der Waals surface area contributed by atoms with Crippen LogP contribution in [0.2, 0.25) is 0 Å². The number of nitrogens with one attached hydrogen (secondary N) is 1. The van der Waals surface area contributed by atoms with Crippen LogP contribution in [0.15, 0.2) is 24.5 Å². The van der Waals surface area contributed by atoms with E-state index in [9.17, 15) is 8.78 Å². The lowest BCUT2D eigenvalue weighted by Crippen LogP contribution is -2.39. The zero-order valence-corrected chi connectivity index (χ0v) is 9.29. The fourth-order valence-electron chi connectivity index (χ4n) is 2.28. The van der Waals surface area contributed by atoms with Gasteiger partial charge in [0.25, 0.3) is 5.92 Å². The molecule has 2 heterocycles. The molecule has 2 aromatic rings. The molecule has 1 N–H and O–H groups in total. The van der Waals surface area contributed by atoms with Gasteiger partial charge in [0.1, 0.15) is 5.52 Å². The average molecular weight is 237 g/mol. The highest BCUT2D eigenvalue weighted by Crippen LogP contribution is 2.32. The van der Waals surface area contributed by atoms with Crippen LogP contribution in [0, 0.1) is 0 Å². The SMILES string of the molecule is FC1(F)CCN(c2cccc3[nH]cnc23)CC1. The minimum Gasteiger partial charge on any atom is -0.369 e. The minimum absolute atomic E-state index is 0.0756. The van der Waals surface area contributed by atoms with Gasteiger partial charge >= 0.3 is 0 Å². The van der Waals surface area contributed by atoms with E-state index in [0.717, 1.165) is 16.7 Å². The van der Waals surface area contributed by atoms with Crippen molar-refractivity contribution in [1.29, 1.82) is 0 Å². The monoisotopic (exact) mass is 237 g/mol. The van der Waals surface area contributed by atoms with Crippen molar-refractivity contribution in [3.8, 4) is 0 Å². The topological polar surface area (TPSA) is 31.9 Å². The molecule has 0 spiro atoms. The van der Waals surface area contributed by atoms with Crippen LogP contribution < -0.4 is 4.90 Å². The van der Waals surface area contributed by atoms with Crippen molar-refractivity contribution < 1.29 is 8.78 Å². The van der Waals surface area contributed by atoms with E-state index in [1.807, 2.05) is 23.1 Å². The molecule has 3 rings (SSSR count). The Kier molecular flexibility index (Phi) is 2.28. The van der Waals surface area contributed by atoms with E-state index in [4.69, 9.17) is 0 Å². The van der Waals surface area contributed by atoms with Gasteiger partial charge in [-0.1, -0.05) is 6.07 Å². The first-order valence-corrected chi connectivity index (χ1v) is 5.71. The maximum atomic E-state index is 13.1. The number of para-hydroxylation sites is 1. The number of fused-ring (bicyclic) bond motifs is 1. The predicted molar refractivity (Wildman–Crippen MR) is 62.5 cm³/mol. The number of H-pyrrole nitrogens is 1. The first-order valence-electron chi connectivity index (χ1n) is 5.71. The van der Waals surface area contributed by atoms with Crippen LogP contribution in [-0.4, -0.2) is 29.0 Å². The third-order valence-electron chi connectivity index (χ3n) is 3.26. The number of hydrogen-bond acceptors (Lipinski definition) is 2. The summed E-state index contributed by atoms with van der Waals surface area (Å²) in [4.78, 5) is 9.26. The summed E-state index contributed by atoms with van der Waals surface area (Å²) in [5.74, 6) is -2.50. The smallest absolute Gasteiger partial charge is 0.251 e. The number of anilines is 1. The summed E-state index contributed by atoms with van der Waals surface area (Å²) in [6.07, 6.45) is 1.48. The summed E-state index contributed by atoms with van der Waals surface area (Å²) in [5, 5.41) is 0. The summed E-state index contributed by atoms with van der Waals surface area (Å²) in [5.41, 5.74) is 2.75. The normalized spacial score (nSPS) is 19.8. The maximum absolute atomic E-state index is 13.1. The maximum Gasteiger partial charge on any atom is 0.251 e. The second-order valence-electron chi connectivity index (χ2n) is 4.42. The van der Waals surface area contributed by atoms with Gasteiger partial charge < -0.3 is 9.88 Å². The molecule has 1 aliphatic heterocycles. The number of nitrogens with zero attached hydrogens (tertiary/aromatic N) is 2. The molecule has 1 aliphatic rings. The lowest BCUT2D eigenvalue weighted by Gasteiger charge is -2.33. The summed E-state index contributed by atoms with van der Waals surface area (Å²) in [6.45, 7) is 0.776. The highest BCUT2D eigenvalue weighted by atomic mass is 19.3. The van der Waals surface area contributed by atoms with Crippen LogP contribution in [0.3, 0.4) is 0 Å². The van der Waals surface area contributed by atoms with E-state index in [1.54, 1.807) is 6.33 Å². The first-order chi connectivity index (χ1) is 8.16. The molecule has 90 valence electrons. The van der Waals surface area contributed by atoms with Gasteiger partial charge in [0.05, 0.1) is 17.5 Å². The van der Waals surface area contributed by atoms with E-state index in [2.05, 4.69) is 9.97 Å². The van der Waals surface area contributed by atoms with Gasteiger partial charge in [-0.3, -0.25) is 0 Å². The van der Waals surface area contributed by atoms with Gasteiger partial charge in [0.15, 0.2) is 0 Å². The molecule has 0 bridgehead atoms. The molecule has 0 radical (unpaired) electrons. The van der Waals surface area contributed by atoms with Gasteiger partial charge in [-0.2, -0.15) is 0 Å².